The summed E-state index contributed by atoms with van der Waals surface area (Å²) in [6, 6.07) is 8.54. The molecule has 0 aromatic heterocycles. The van der Waals surface area contributed by atoms with Gasteiger partial charge in [-0.1, -0.05) is 30.0 Å². The van der Waals surface area contributed by atoms with Gasteiger partial charge in [0.15, 0.2) is 6.10 Å². The summed E-state index contributed by atoms with van der Waals surface area (Å²) in [7, 11) is 0. The fraction of sp³-hybridized carbons (Fsp3) is 0.294. The Morgan fingerprint density at radius 1 is 1.27 bits per heavy atom. The van der Waals surface area contributed by atoms with Gasteiger partial charge in [0.05, 0.1) is 12.2 Å². The van der Waals surface area contributed by atoms with Gasteiger partial charge in [-0.25, -0.2) is 9.59 Å². The Morgan fingerprint density at radius 3 is 2.59 bits per heavy atom. The van der Waals surface area contributed by atoms with Crippen LogP contribution >= 0.6 is 0 Å². The highest BCUT2D eigenvalue weighted by Crippen LogP contribution is 2.03. The second kappa shape index (κ2) is 9.37. The number of aliphatic hydroxyl groups is 1. The van der Waals surface area contributed by atoms with E-state index in [1.54, 1.807) is 44.2 Å². The van der Waals surface area contributed by atoms with Crippen LogP contribution < -0.4 is 0 Å². The topological polar surface area (TPSA) is 72.8 Å². The first-order chi connectivity index (χ1) is 10.5. The molecular weight excluding hydrogens is 284 g/mol. The van der Waals surface area contributed by atoms with Crippen molar-refractivity contribution in [3.05, 3.63) is 48.0 Å². The lowest BCUT2D eigenvalue weighted by Crippen LogP contribution is -2.14. The lowest BCUT2D eigenvalue weighted by Gasteiger charge is -2.07. The quantitative estimate of drug-likeness (QED) is 0.509. The third kappa shape index (κ3) is 6.73. The van der Waals surface area contributed by atoms with Crippen molar-refractivity contribution >= 4 is 11.9 Å². The largest absolute Gasteiger partial charge is 0.463 e. The molecule has 0 heterocycles. The van der Waals surface area contributed by atoms with Crippen molar-refractivity contribution in [2.75, 3.05) is 6.61 Å². The summed E-state index contributed by atoms with van der Waals surface area (Å²) in [5, 5.41) is 9.56. The average Bonchev–Trinajstić information content (AvgIpc) is 2.52. The van der Waals surface area contributed by atoms with Gasteiger partial charge in [0.1, 0.15) is 6.10 Å². The summed E-state index contributed by atoms with van der Waals surface area (Å²) in [5.74, 6) is 4.03. The van der Waals surface area contributed by atoms with Gasteiger partial charge in [-0.15, -0.1) is 0 Å². The predicted molar refractivity (Wildman–Crippen MR) is 80.9 cm³/mol. The van der Waals surface area contributed by atoms with Crippen LogP contribution in [0.4, 0.5) is 0 Å². The first-order valence-electron chi connectivity index (χ1n) is 6.83. The monoisotopic (exact) mass is 302 g/mol. The van der Waals surface area contributed by atoms with Crippen LogP contribution in [-0.2, 0) is 14.3 Å². The van der Waals surface area contributed by atoms with Crippen LogP contribution in [0, 0.1) is 11.8 Å². The Labute approximate surface area is 129 Å². The minimum atomic E-state index is -1.14. The lowest BCUT2D eigenvalue weighted by atomic mass is 10.2. The van der Waals surface area contributed by atoms with Gasteiger partial charge in [0.2, 0.25) is 0 Å². The molecule has 0 unspecified atom stereocenters. The second-order valence-electron chi connectivity index (χ2n) is 4.26. The molecule has 0 aliphatic heterocycles. The molecule has 0 aliphatic rings. The third-order valence-electron chi connectivity index (χ3n) is 2.43. The van der Waals surface area contributed by atoms with Crippen LogP contribution in [0.25, 0.3) is 0 Å². The van der Waals surface area contributed by atoms with E-state index in [1.165, 1.54) is 6.08 Å². The summed E-state index contributed by atoms with van der Waals surface area (Å²) >= 11 is 0. The fourth-order valence-electron chi connectivity index (χ4n) is 1.44. The van der Waals surface area contributed by atoms with Crippen LogP contribution in [-0.4, -0.2) is 35.9 Å². The van der Waals surface area contributed by atoms with Gasteiger partial charge >= 0.3 is 11.9 Å². The van der Waals surface area contributed by atoms with Crippen molar-refractivity contribution in [3.63, 3.8) is 0 Å². The highest BCUT2D eigenvalue weighted by atomic mass is 16.5. The van der Waals surface area contributed by atoms with E-state index in [0.29, 0.717) is 5.56 Å². The third-order valence-corrected chi connectivity index (χ3v) is 2.43. The molecular formula is C17H18O5. The number of rotatable bonds is 5. The van der Waals surface area contributed by atoms with E-state index in [-0.39, 0.29) is 6.61 Å². The van der Waals surface area contributed by atoms with Gasteiger partial charge in [-0.2, -0.15) is 0 Å². The molecule has 0 amide bonds. The van der Waals surface area contributed by atoms with Gasteiger partial charge < -0.3 is 14.6 Å². The zero-order valence-corrected chi connectivity index (χ0v) is 12.5. The van der Waals surface area contributed by atoms with E-state index in [9.17, 15) is 14.7 Å². The average molecular weight is 302 g/mol. The molecule has 5 heteroatoms. The van der Waals surface area contributed by atoms with Crippen molar-refractivity contribution in [3.8, 4) is 11.8 Å². The molecule has 0 bridgehead atoms. The number of carbonyl (C=O) groups excluding carboxylic acids is 2. The molecule has 1 aromatic rings. The Morgan fingerprint density at radius 2 is 1.95 bits per heavy atom. The Balaban J connectivity index is 2.50. The van der Waals surface area contributed by atoms with Gasteiger partial charge in [0, 0.05) is 6.08 Å². The number of aliphatic hydroxyl groups excluding tert-OH is 1. The Hall–Kier alpha value is -2.58. The van der Waals surface area contributed by atoms with Crippen molar-refractivity contribution < 1.29 is 24.2 Å². The second-order valence-corrected chi connectivity index (χ2v) is 4.26. The standard InChI is InChI=1S/C17H18O5/c1-3-21-16(19)12-11-15(18)10-9-13(2)22-17(20)14-7-5-4-6-8-14/h4-8,11-13,15,18H,3H2,1-2H3/b12-11+/t13-,15-/m1/s1. The minimum absolute atomic E-state index is 0.261. The normalized spacial score (nSPS) is 12.9. The van der Waals surface area contributed by atoms with E-state index < -0.39 is 24.1 Å². The van der Waals surface area contributed by atoms with E-state index in [2.05, 4.69) is 16.6 Å². The zero-order valence-electron chi connectivity index (χ0n) is 12.5. The number of benzene rings is 1. The summed E-state index contributed by atoms with van der Waals surface area (Å²) in [6.07, 6.45) is 0.487. The molecule has 0 aliphatic carbocycles. The van der Waals surface area contributed by atoms with E-state index in [0.717, 1.165) is 6.08 Å². The first-order valence-corrected chi connectivity index (χ1v) is 6.83. The van der Waals surface area contributed by atoms with Crippen LogP contribution in [0.2, 0.25) is 0 Å². The van der Waals surface area contributed by atoms with E-state index in [1.807, 2.05) is 0 Å². The minimum Gasteiger partial charge on any atom is -0.463 e. The Bertz CT molecular complexity index is 580. The predicted octanol–water partition coefficient (Wildman–Crippen LogP) is 1.72. The molecule has 2 atom stereocenters. The highest BCUT2D eigenvalue weighted by molar-refractivity contribution is 5.89. The molecule has 0 saturated heterocycles. The van der Waals surface area contributed by atoms with Gasteiger partial charge in [-0.3, -0.25) is 0 Å². The van der Waals surface area contributed by atoms with E-state index in [4.69, 9.17) is 4.74 Å². The van der Waals surface area contributed by atoms with E-state index >= 15 is 0 Å². The molecule has 1 aromatic carbocycles. The molecule has 5 nitrogen and oxygen atoms in total. The highest BCUT2D eigenvalue weighted by Gasteiger charge is 2.09. The van der Waals surface area contributed by atoms with Crippen LogP contribution in [0.5, 0.6) is 0 Å². The Kier molecular flexibility index (Phi) is 7.44. The molecule has 0 spiro atoms. The van der Waals surface area contributed by atoms with Crippen molar-refractivity contribution in [2.45, 2.75) is 26.1 Å². The smallest absolute Gasteiger partial charge is 0.339 e. The molecule has 1 rings (SSSR count). The maximum atomic E-state index is 11.8. The summed E-state index contributed by atoms with van der Waals surface area (Å²) in [4.78, 5) is 22.8. The van der Waals surface area contributed by atoms with Gasteiger partial charge in [0.25, 0.3) is 0 Å². The number of hydrogen-bond acceptors (Lipinski definition) is 5. The van der Waals surface area contributed by atoms with Crippen LogP contribution in [0.3, 0.4) is 0 Å². The summed E-state index contributed by atoms with van der Waals surface area (Å²) in [5.41, 5.74) is 0.430. The molecule has 116 valence electrons. The number of hydrogen-bond donors (Lipinski definition) is 1. The first kappa shape index (κ1) is 17.5. The number of carbonyl (C=O) groups is 2. The molecule has 22 heavy (non-hydrogen) atoms. The fourth-order valence-corrected chi connectivity index (χ4v) is 1.44. The van der Waals surface area contributed by atoms with Crippen molar-refractivity contribution in [2.24, 2.45) is 0 Å². The number of ether oxygens (including phenoxy) is 2. The summed E-state index contributed by atoms with van der Waals surface area (Å²) in [6.45, 7) is 3.54. The molecule has 0 saturated carbocycles. The van der Waals surface area contributed by atoms with Crippen molar-refractivity contribution in [1.82, 2.24) is 0 Å². The summed E-state index contributed by atoms with van der Waals surface area (Å²) < 4.78 is 9.78. The van der Waals surface area contributed by atoms with Crippen molar-refractivity contribution in [1.29, 1.82) is 0 Å². The molecule has 1 N–H and O–H groups in total. The SMILES string of the molecule is CCOC(=O)/C=C/[C@H](O)C#C[C@@H](C)OC(=O)c1ccccc1. The number of esters is 2. The maximum Gasteiger partial charge on any atom is 0.339 e. The molecule has 0 fully saturated rings. The lowest BCUT2D eigenvalue weighted by molar-refractivity contribution is -0.137. The molecule has 0 radical (unpaired) electrons. The zero-order chi connectivity index (χ0) is 16.4. The van der Waals surface area contributed by atoms with Gasteiger partial charge in [-0.05, 0) is 32.1 Å². The van der Waals surface area contributed by atoms with Crippen LogP contribution in [0.15, 0.2) is 42.5 Å². The van der Waals surface area contributed by atoms with Crippen LogP contribution in [0.1, 0.15) is 24.2 Å². The maximum absolute atomic E-state index is 11.8.